The standard InChI is InChI=1S/C23H22F6N6O/c24-16-11-18(26)17(25)9-14(16)8-15(31-21(30)13-4-2-1-3-5-13)10-20(36)34-6-7-35-19(12-34)32-33-22(35)23(27,28)29/h1-5,9,11,15,21,31H,6-8,10,12,30H2. The Balaban J connectivity index is 1.52. The highest BCUT2D eigenvalue weighted by Gasteiger charge is 2.40. The Labute approximate surface area is 201 Å². The number of alkyl halides is 3. The molecule has 1 amide bonds. The molecule has 0 radical (unpaired) electrons. The van der Waals surface area contributed by atoms with E-state index >= 15 is 0 Å². The molecule has 13 heteroatoms. The fourth-order valence-corrected chi connectivity index (χ4v) is 4.11. The van der Waals surface area contributed by atoms with Crippen LogP contribution in [0.2, 0.25) is 0 Å². The molecule has 7 nitrogen and oxygen atoms in total. The highest BCUT2D eigenvalue weighted by Crippen LogP contribution is 2.29. The van der Waals surface area contributed by atoms with Crippen molar-refractivity contribution in [2.45, 2.75) is 44.3 Å². The van der Waals surface area contributed by atoms with Crippen molar-refractivity contribution in [2.24, 2.45) is 5.73 Å². The summed E-state index contributed by atoms with van der Waals surface area (Å²) in [5.41, 5.74) is 6.72. The van der Waals surface area contributed by atoms with Crippen LogP contribution < -0.4 is 11.1 Å². The predicted molar refractivity (Wildman–Crippen MR) is 115 cm³/mol. The molecule has 2 unspecified atom stereocenters. The Morgan fingerprint density at radius 2 is 1.72 bits per heavy atom. The minimum Gasteiger partial charge on any atom is -0.333 e. The quantitative estimate of drug-likeness (QED) is 0.288. The van der Waals surface area contributed by atoms with Gasteiger partial charge in [-0.15, -0.1) is 10.2 Å². The first-order valence-corrected chi connectivity index (χ1v) is 11.0. The lowest BCUT2D eigenvalue weighted by Crippen LogP contribution is -2.45. The molecule has 0 bridgehead atoms. The van der Waals surface area contributed by atoms with Crippen LogP contribution in [0, 0.1) is 17.5 Å². The number of carbonyl (C=O) groups is 1. The predicted octanol–water partition coefficient (Wildman–Crippen LogP) is 3.30. The molecule has 36 heavy (non-hydrogen) atoms. The number of fused-ring (bicyclic) bond motifs is 1. The van der Waals surface area contributed by atoms with E-state index in [-0.39, 0.29) is 43.9 Å². The Hall–Kier alpha value is -3.45. The number of hydrogen-bond acceptors (Lipinski definition) is 5. The van der Waals surface area contributed by atoms with Gasteiger partial charge in [0.1, 0.15) is 5.82 Å². The average Bonchev–Trinajstić information content (AvgIpc) is 3.27. The van der Waals surface area contributed by atoms with Crippen LogP contribution in [-0.2, 0) is 30.5 Å². The first kappa shape index (κ1) is 25.6. The monoisotopic (exact) mass is 512 g/mol. The third kappa shape index (κ3) is 5.68. The summed E-state index contributed by atoms with van der Waals surface area (Å²) in [6, 6.07) is 9.12. The molecule has 0 fully saturated rings. The zero-order valence-corrected chi connectivity index (χ0v) is 18.8. The van der Waals surface area contributed by atoms with Crippen LogP contribution in [0.5, 0.6) is 0 Å². The maximum Gasteiger partial charge on any atom is 0.451 e. The Bertz CT molecular complexity index is 1230. The third-order valence-corrected chi connectivity index (χ3v) is 5.91. The number of benzene rings is 2. The van der Waals surface area contributed by atoms with Crippen molar-refractivity contribution in [3.63, 3.8) is 0 Å². The summed E-state index contributed by atoms with van der Waals surface area (Å²) < 4.78 is 81.7. The first-order valence-electron chi connectivity index (χ1n) is 11.0. The summed E-state index contributed by atoms with van der Waals surface area (Å²) in [4.78, 5) is 14.4. The highest BCUT2D eigenvalue weighted by molar-refractivity contribution is 5.77. The fourth-order valence-electron chi connectivity index (χ4n) is 4.11. The van der Waals surface area contributed by atoms with E-state index in [0.717, 1.165) is 10.6 Å². The number of carbonyl (C=O) groups excluding carboxylic acids is 1. The summed E-state index contributed by atoms with van der Waals surface area (Å²) >= 11 is 0. The van der Waals surface area contributed by atoms with Crippen molar-refractivity contribution < 1.29 is 31.1 Å². The molecule has 192 valence electrons. The molecular weight excluding hydrogens is 490 g/mol. The van der Waals surface area contributed by atoms with Crippen LogP contribution in [-0.4, -0.2) is 38.2 Å². The molecule has 2 heterocycles. The number of nitrogens with two attached hydrogens (primary N) is 1. The summed E-state index contributed by atoms with van der Waals surface area (Å²) in [6.45, 7) is -0.370. The minimum absolute atomic E-state index is 0.0147. The molecule has 0 saturated heterocycles. The highest BCUT2D eigenvalue weighted by atomic mass is 19.4. The minimum atomic E-state index is -4.67. The molecule has 4 rings (SSSR count). The van der Waals surface area contributed by atoms with Crippen LogP contribution in [0.15, 0.2) is 42.5 Å². The van der Waals surface area contributed by atoms with Crippen molar-refractivity contribution in [1.82, 2.24) is 25.0 Å². The van der Waals surface area contributed by atoms with E-state index in [2.05, 4.69) is 15.5 Å². The SMILES string of the molecule is NC(NC(CC(=O)N1CCn2c(nnc2C(F)(F)F)C1)Cc1cc(F)c(F)cc1F)c1ccccc1. The van der Waals surface area contributed by atoms with Gasteiger partial charge < -0.3 is 15.2 Å². The van der Waals surface area contributed by atoms with Gasteiger partial charge in [0.2, 0.25) is 11.7 Å². The van der Waals surface area contributed by atoms with Gasteiger partial charge in [-0.25, -0.2) is 13.2 Å². The maximum absolute atomic E-state index is 14.3. The molecule has 0 spiro atoms. The number of amides is 1. The first-order chi connectivity index (χ1) is 17.0. The van der Waals surface area contributed by atoms with Gasteiger partial charge in [-0.05, 0) is 23.6 Å². The summed E-state index contributed by atoms with van der Waals surface area (Å²) in [5, 5.41) is 9.77. The lowest BCUT2D eigenvalue weighted by atomic mass is 10.0. The summed E-state index contributed by atoms with van der Waals surface area (Å²) in [6.07, 6.45) is -5.87. The second-order valence-corrected chi connectivity index (χ2v) is 8.42. The Kier molecular flexibility index (Phi) is 7.31. The smallest absolute Gasteiger partial charge is 0.333 e. The Morgan fingerprint density at radius 1 is 1.03 bits per heavy atom. The van der Waals surface area contributed by atoms with Crippen molar-refractivity contribution in [2.75, 3.05) is 6.54 Å². The third-order valence-electron chi connectivity index (χ3n) is 5.91. The maximum atomic E-state index is 14.3. The average molecular weight is 512 g/mol. The van der Waals surface area contributed by atoms with Crippen LogP contribution in [0.25, 0.3) is 0 Å². The molecule has 1 aromatic heterocycles. The van der Waals surface area contributed by atoms with E-state index < -0.39 is 47.6 Å². The van der Waals surface area contributed by atoms with Gasteiger partial charge in [0.05, 0.1) is 12.7 Å². The number of rotatable bonds is 7. The van der Waals surface area contributed by atoms with Gasteiger partial charge in [-0.1, -0.05) is 30.3 Å². The number of hydrogen-bond donors (Lipinski definition) is 2. The van der Waals surface area contributed by atoms with E-state index in [0.29, 0.717) is 11.6 Å². The van der Waals surface area contributed by atoms with Crippen molar-refractivity contribution in [3.8, 4) is 0 Å². The van der Waals surface area contributed by atoms with Crippen LogP contribution in [0.4, 0.5) is 26.3 Å². The number of halogens is 6. The van der Waals surface area contributed by atoms with E-state index in [9.17, 15) is 31.1 Å². The largest absolute Gasteiger partial charge is 0.451 e. The second kappa shape index (κ2) is 10.3. The number of aromatic nitrogens is 3. The zero-order valence-electron chi connectivity index (χ0n) is 18.8. The number of nitrogens with one attached hydrogen (secondary N) is 1. The molecule has 3 N–H and O–H groups in total. The van der Waals surface area contributed by atoms with Crippen LogP contribution in [0.3, 0.4) is 0 Å². The molecule has 3 aromatic rings. The zero-order chi connectivity index (χ0) is 26.0. The van der Waals surface area contributed by atoms with Gasteiger partial charge in [0, 0.05) is 31.6 Å². The van der Waals surface area contributed by atoms with Gasteiger partial charge >= 0.3 is 6.18 Å². The van der Waals surface area contributed by atoms with E-state index in [1.165, 1.54) is 4.90 Å². The van der Waals surface area contributed by atoms with Crippen molar-refractivity contribution in [3.05, 3.63) is 82.7 Å². The fraction of sp³-hybridized carbons (Fsp3) is 0.348. The topological polar surface area (TPSA) is 89.1 Å². The second-order valence-electron chi connectivity index (χ2n) is 8.42. The lowest BCUT2D eigenvalue weighted by Gasteiger charge is -2.30. The van der Waals surface area contributed by atoms with Gasteiger partial charge in [-0.2, -0.15) is 13.2 Å². The Morgan fingerprint density at radius 3 is 2.42 bits per heavy atom. The molecule has 2 aromatic carbocycles. The van der Waals surface area contributed by atoms with Crippen molar-refractivity contribution in [1.29, 1.82) is 0 Å². The van der Waals surface area contributed by atoms with Gasteiger partial charge in [-0.3, -0.25) is 10.1 Å². The lowest BCUT2D eigenvalue weighted by molar-refractivity contribution is -0.148. The molecule has 1 aliphatic rings. The van der Waals surface area contributed by atoms with Crippen LogP contribution >= 0.6 is 0 Å². The number of nitrogens with zero attached hydrogens (tertiary/aromatic N) is 4. The molecular formula is C23H22F6N6O. The molecule has 0 saturated carbocycles. The van der Waals surface area contributed by atoms with Crippen LogP contribution in [0.1, 0.15) is 35.4 Å². The van der Waals surface area contributed by atoms with E-state index in [1.807, 2.05) is 0 Å². The molecule has 2 atom stereocenters. The van der Waals surface area contributed by atoms with E-state index in [4.69, 9.17) is 5.73 Å². The molecule has 0 aliphatic carbocycles. The normalized spacial score (nSPS) is 15.5. The van der Waals surface area contributed by atoms with Gasteiger partial charge in [0.25, 0.3) is 0 Å². The van der Waals surface area contributed by atoms with Crippen molar-refractivity contribution >= 4 is 5.91 Å². The molecule has 1 aliphatic heterocycles. The van der Waals surface area contributed by atoms with Gasteiger partial charge in [0.15, 0.2) is 17.5 Å². The van der Waals surface area contributed by atoms with E-state index in [1.54, 1.807) is 30.3 Å². The summed E-state index contributed by atoms with van der Waals surface area (Å²) in [7, 11) is 0. The summed E-state index contributed by atoms with van der Waals surface area (Å²) in [5.74, 6) is -5.16.